The van der Waals surface area contributed by atoms with Crippen molar-refractivity contribution in [3.05, 3.63) is 31.4 Å². The molecule has 0 atom stereocenters. The van der Waals surface area contributed by atoms with Gasteiger partial charge in [0, 0.05) is 4.79 Å². The zero-order chi connectivity index (χ0) is 9.30. The highest BCUT2D eigenvalue weighted by Gasteiger charge is 2.21. The summed E-state index contributed by atoms with van der Waals surface area (Å²) in [6.07, 6.45) is 0.750. The molecule has 0 aliphatic rings. The Labute approximate surface area is 69.6 Å². The Morgan fingerprint density at radius 1 is 1.50 bits per heavy atom. The molecule has 1 aromatic rings. The van der Waals surface area contributed by atoms with Gasteiger partial charge in [-0.05, 0) is 4.92 Å². The summed E-state index contributed by atoms with van der Waals surface area (Å²) < 4.78 is 0. The summed E-state index contributed by atoms with van der Waals surface area (Å²) >= 11 is 5.25. The summed E-state index contributed by atoms with van der Waals surface area (Å²) in [5.74, 6) is -0.728. The number of aromatic nitrogens is 2. The Morgan fingerprint density at radius 2 is 2.08 bits per heavy atom. The van der Waals surface area contributed by atoms with Crippen LogP contribution in [0.15, 0.2) is 6.20 Å². The van der Waals surface area contributed by atoms with Crippen molar-refractivity contribution < 1.29 is 9.96 Å². The van der Waals surface area contributed by atoms with Crippen molar-refractivity contribution in [3.63, 3.8) is 0 Å². The average molecular weight is 193 g/mol. The molecule has 0 spiro atoms. The zero-order valence-corrected chi connectivity index (χ0v) is 6.13. The van der Waals surface area contributed by atoms with Crippen LogP contribution in [0, 0.1) is 20.2 Å². The van der Waals surface area contributed by atoms with Crippen molar-refractivity contribution in [1.29, 1.82) is 0 Å². The van der Waals surface area contributed by atoms with E-state index in [4.69, 9.17) is 11.6 Å². The van der Waals surface area contributed by atoms with Gasteiger partial charge in [-0.15, -0.1) is 0 Å². The number of halogens is 1. The summed E-state index contributed by atoms with van der Waals surface area (Å²) in [5, 5.41) is 21.8. The van der Waals surface area contributed by atoms with Crippen LogP contribution in [0.4, 0.5) is 5.82 Å². The van der Waals surface area contributed by atoms with Gasteiger partial charge in [-0.25, -0.2) is 0 Å². The lowest BCUT2D eigenvalue weighted by molar-refractivity contribution is -0.554. The predicted molar refractivity (Wildman–Crippen MR) is 36.3 cm³/mol. The molecule has 1 aromatic heterocycles. The Bertz CT molecular complexity index is 346. The molecule has 0 amide bonds. The molecule has 0 saturated heterocycles. The van der Waals surface area contributed by atoms with Crippen LogP contribution in [-0.4, -0.2) is 19.8 Å². The molecule has 9 heteroatoms. The molecule has 0 aromatic carbocycles. The molecule has 0 radical (unpaired) electrons. The molecule has 64 valence electrons. The lowest BCUT2D eigenvalue weighted by atomic mass is 10.6. The highest BCUT2D eigenvalue weighted by molar-refractivity contribution is 6.32. The smallest absolute Gasteiger partial charge is 0.358 e. The van der Waals surface area contributed by atoms with Gasteiger partial charge in [0.05, 0.1) is 5.03 Å². The fraction of sp³-hybridized carbons (Fsp3) is 0. The summed E-state index contributed by atoms with van der Waals surface area (Å²) in [4.78, 5) is 19.4. The van der Waals surface area contributed by atoms with Gasteiger partial charge >= 0.3 is 5.82 Å². The first kappa shape index (κ1) is 8.40. The maximum atomic E-state index is 10.1. The van der Waals surface area contributed by atoms with Crippen LogP contribution in [0.1, 0.15) is 0 Å². The van der Waals surface area contributed by atoms with E-state index in [-0.39, 0.29) is 9.81 Å². The van der Waals surface area contributed by atoms with Crippen LogP contribution < -0.4 is 0 Å². The van der Waals surface area contributed by atoms with Gasteiger partial charge in [-0.1, -0.05) is 11.6 Å². The summed E-state index contributed by atoms with van der Waals surface area (Å²) in [7, 11) is 0. The Kier molecular flexibility index (Phi) is 1.92. The van der Waals surface area contributed by atoms with E-state index in [1.54, 1.807) is 0 Å². The Balaban J connectivity index is 3.17. The van der Waals surface area contributed by atoms with Gasteiger partial charge in [-0.3, -0.25) is 0 Å². The molecule has 0 bridgehead atoms. The van der Waals surface area contributed by atoms with E-state index in [9.17, 15) is 20.2 Å². The Hall–Kier alpha value is -1.70. The molecule has 0 unspecified atom stereocenters. The van der Waals surface area contributed by atoms with Crippen molar-refractivity contribution in [1.82, 2.24) is 9.89 Å². The lowest BCUT2D eigenvalue weighted by Crippen LogP contribution is -2.08. The van der Waals surface area contributed by atoms with Crippen molar-refractivity contribution in [2.24, 2.45) is 0 Å². The van der Waals surface area contributed by atoms with Crippen molar-refractivity contribution >= 4 is 17.4 Å². The number of nitro groups is 2. The molecule has 8 nitrogen and oxygen atoms in total. The number of nitrogens with zero attached hydrogens (tertiary/aromatic N) is 4. The van der Waals surface area contributed by atoms with E-state index in [1.807, 2.05) is 0 Å². The van der Waals surface area contributed by atoms with Crippen LogP contribution in [0.25, 0.3) is 0 Å². The maximum Gasteiger partial charge on any atom is 0.413 e. The molecular weight excluding hydrogens is 192 g/mol. The third-order valence-electron chi connectivity index (χ3n) is 0.980. The highest BCUT2D eigenvalue weighted by atomic mass is 35.5. The van der Waals surface area contributed by atoms with Gasteiger partial charge < -0.3 is 20.2 Å². The van der Waals surface area contributed by atoms with Crippen molar-refractivity contribution in [2.45, 2.75) is 0 Å². The second-order valence-corrected chi connectivity index (χ2v) is 2.12. The first-order chi connectivity index (χ1) is 5.52. The molecule has 12 heavy (non-hydrogen) atoms. The molecule has 0 aliphatic carbocycles. The first-order valence-electron chi connectivity index (χ1n) is 2.56. The molecule has 0 N–H and O–H groups in total. The van der Waals surface area contributed by atoms with Gasteiger partial charge in [0.1, 0.15) is 11.3 Å². The van der Waals surface area contributed by atoms with Crippen molar-refractivity contribution in [2.75, 3.05) is 0 Å². The lowest BCUT2D eigenvalue weighted by Gasteiger charge is -1.86. The third kappa shape index (κ3) is 1.32. The molecule has 0 aliphatic heterocycles. The van der Waals surface area contributed by atoms with Gasteiger partial charge in [0.25, 0.3) is 0 Å². The summed E-state index contributed by atoms with van der Waals surface area (Å²) in [5.41, 5.74) is 0. The van der Waals surface area contributed by atoms with Crippen LogP contribution in [0.5, 0.6) is 0 Å². The fourth-order valence-corrected chi connectivity index (χ4v) is 0.734. The standard InChI is InChI=1S/C3HClN4O4/c4-2-1-6(8(11)12)5-3(2)7(9)10/h1H. The predicted octanol–water partition coefficient (Wildman–Crippen LogP) is 0.484. The van der Waals surface area contributed by atoms with Crippen LogP contribution in [0.2, 0.25) is 5.02 Å². The van der Waals surface area contributed by atoms with Crippen LogP contribution in [-0.2, 0) is 0 Å². The number of hydrogen-bond donors (Lipinski definition) is 0. The van der Waals surface area contributed by atoms with E-state index in [1.165, 1.54) is 0 Å². The number of rotatable bonds is 2. The van der Waals surface area contributed by atoms with E-state index in [2.05, 4.69) is 5.10 Å². The molecule has 1 heterocycles. The fourth-order valence-electron chi connectivity index (χ4n) is 0.540. The van der Waals surface area contributed by atoms with Crippen molar-refractivity contribution in [3.8, 4) is 0 Å². The Morgan fingerprint density at radius 3 is 2.33 bits per heavy atom. The summed E-state index contributed by atoms with van der Waals surface area (Å²) in [6.45, 7) is 0. The molecule has 1 rings (SSSR count). The normalized spacial score (nSPS) is 9.75. The SMILES string of the molecule is O=[N+]([O-])c1nn([N+](=O)[O-])cc1Cl. The highest BCUT2D eigenvalue weighted by Crippen LogP contribution is 2.20. The van der Waals surface area contributed by atoms with Gasteiger partial charge in [-0.2, -0.15) is 0 Å². The third-order valence-corrected chi connectivity index (χ3v) is 1.25. The quantitative estimate of drug-likeness (QED) is 0.501. The number of hydrogen-bond acceptors (Lipinski definition) is 5. The second-order valence-electron chi connectivity index (χ2n) is 1.72. The van der Waals surface area contributed by atoms with Gasteiger partial charge in [0.15, 0.2) is 5.02 Å². The molecular formula is C3HClN4O4. The minimum absolute atomic E-state index is 0.181. The maximum absolute atomic E-state index is 10.1. The summed E-state index contributed by atoms with van der Waals surface area (Å²) in [6, 6.07) is 0. The average Bonchev–Trinajstić information content (AvgIpc) is 2.30. The van der Waals surface area contributed by atoms with Crippen LogP contribution >= 0.6 is 11.6 Å². The molecule has 0 saturated carbocycles. The topological polar surface area (TPSA) is 104 Å². The van der Waals surface area contributed by atoms with E-state index in [0.29, 0.717) is 0 Å². The van der Waals surface area contributed by atoms with E-state index in [0.717, 1.165) is 6.20 Å². The molecule has 0 fully saturated rings. The zero-order valence-electron chi connectivity index (χ0n) is 5.38. The largest absolute Gasteiger partial charge is 0.413 e. The first-order valence-corrected chi connectivity index (χ1v) is 2.94. The second kappa shape index (κ2) is 2.74. The van der Waals surface area contributed by atoms with Crippen LogP contribution in [0.3, 0.4) is 0 Å². The monoisotopic (exact) mass is 192 g/mol. The van der Waals surface area contributed by atoms with Gasteiger partial charge in [0.2, 0.25) is 0 Å². The minimum atomic E-state index is -0.932. The minimum Gasteiger partial charge on any atom is -0.358 e. The van der Waals surface area contributed by atoms with E-state index < -0.39 is 15.8 Å². The van der Waals surface area contributed by atoms with E-state index >= 15 is 0 Å².